The lowest BCUT2D eigenvalue weighted by Crippen LogP contribution is -2.14. The fourth-order valence-electron chi connectivity index (χ4n) is 3.00. The van der Waals surface area contributed by atoms with Gasteiger partial charge in [-0.1, -0.05) is 12.1 Å². The lowest BCUT2D eigenvalue weighted by atomic mass is 10.2. The van der Waals surface area contributed by atoms with Gasteiger partial charge in [-0.25, -0.2) is 4.98 Å². The molecule has 0 spiro atoms. The number of benzene rings is 2. The first-order chi connectivity index (χ1) is 14.3. The Labute approximate surface area is 173 Å². The smallest absolute Gasteiger partial charge is 0.256 e. The van der Waals surface area contributed by atoms with Crippen molar-refractivity contribution in [1.29, 1.82) is 0 Å². The number of carbonyl (C=O) groups excluding carboxylic acids is 1. The molecular weight excluding hydrogens is 386 g/mol. The Morgan fingerprint density at radius 2 is 2.03 bits per heavy atom. The zero-order valence-corrected chi connectivity index (χ0v) is 16.6. The fraction of sp³-hybridized carbons (Fsp3) is 0.227. The summed E-state index contributed by atoms with van der Waals surface area (Å²) >= 11 is 1.67. The van der Waals surface area contributed by atoms with Gasteiger partial charge in [-0.15, -0.1) is 11.8 Å². The van der Waals surface area contributed by atoms with E-state index in [1.54, 1.807) is 54.6 Å². The van der Waals surface area contributed by atoms with E-state index >= 15 is 0 Å². The molecule has 1 saturated heterocycles. The van der Waals surface area contributed by atoms with Crippen LogP contribution in [0.25, 0.3) is 0 Å². The van der Waals surface area contributed by atoms with Crippen molar-refractivity contribution < 1.29 is 14.3 Å². The fourth-order valence-corrected chi connectivity index (χ4v) is 4.12. The molecule has 1 amide bonds. The first-order valence-corrected chi connectivity index (χ1v) is 10.5. The molecule has 0 radical (unpaired) electrons. The molecular formula is C22H21N3O3S. The summed E-state index contributed by atoms with van der Waals surface area (Å²) in [6.07, 6.45) is 7.17. The van der Waals surface area contributed by atoms with E-state index in [-0.39, 0.29) is 12.0 Å². The molecule has 1 atom stereocenters. The first-order valence-electron chi connectivity index (χ1n) is 9.46. The summed E-state index contributed by atoms with van der Waals surface area (Å²) in [7, 11) is 0. The molecule has 1 fully saturated rings. The van der Waals surface area contributed by atoms with E-state index < -0.39 is 0 Å². The van der Waals surface area contributed by atoms with Crippen LogP contribution in [0.1, 0.15) is 23.2 Å². The van der Waals surface area contributed by atoms with Gasteiger partial charge in [0.05, 0.1) is 17.9 Å². The molecule has 1 unspecified atom stereocenters. The Balaban J connectivity index is 1.38. The molecule has 1 N–H and O–H groups in total. The summed E-state index contributed by atoms with van der Waals surface area (Å²) in [6.45, 7) is 0.837. The molecule has 148 valence electrons. The Morgan fingerprint density at radius 3 is 2.79 bits per heavy atom. The topological polar surface area (TPSA) is 73.3 Å². The molecule has 29 heavy (non-hydrogen) atoms. The predicted molar refractivity (Wildman–Crippen MR) is 113 cm³/mol. The Morgan fingerprint density at radius 1 is 1.17 bits per heavy atom. The van der Waals surface area contributed by atoms with E-state index in [9.17, 15) is 4.79 Å². The Hall–Kier alpha value is -2.90. The maximum Gasteiger partial charge on any atom is 0.256 e. The summed E-state index contributed by atoms with van der Waals surface area (Å²) < 4.78 is 11.3. The molecule has 7 heteroatoms. The number of rotatable bonds is 7. The highest BCUT2D eigenvalue weighted by atomic mass is 32.2. The van der Waals surface area contributed by atoms with Crippen molar-refractivity contribution in [1.82, 2.24) is 9.97 Å². The van der Waals surface area contributed by atoms with Crippen molar-refractivity contribution in [2.24, 2.45) is 0 Å². The summed E-state index contributed by atoms with van der Waals surface area (Å²) in [4.78, 5) is 21.8. The number of nitrogens with one attached hydrogen (secondary N) is 1. The number of hydrogen-bond acceptors (Lipinski definition) is 6. The van der Waals surface area contributed by atoms with Crippen LogP contribution in [0.15, 0.2) is 72.0 Å². The Kier molecular flexibility index (Phi) is 6.38. The third-order valence-electron chi connectivity index (χ3n) is 4.45. The zero-order valence-electron chi connectivity index (χ0n) is 15.8. The van der Waals surface area contributed by atoms with Crippen molar-refractivity contribution in [3.05, 3.63) is 72.7 Å². The number of carbonyl (C=O) groups is 1. The highest BCUT2D eigenvalue weighted by Crippen LogP contribution is 2.28. The molecule has 1 aliphatic rings. The van der Waals surface area contributed by atoms with Gasteiger partial charge in [0.2, 0.25) is 5.88 Å². The second kappa shape index (κ2) is 9.54. The Bertz CT molecular complexity index is 945. The second-order valence-corrected chi connectivity index (χ2v) is 7.63. The average molecular weight is 407 g/mol. The van der Waals surface area contributed by atoms with Crippen molar-refractivity contribution >= 4 is 23.4 Å². The van der Waals surface area contributed by atoms with Gasteiger partial charge in [0, 0.05) is 35.3 Å². The van der Waals surface area contributed by atoms with Gasteiger partial charge in [-0.3, -0.25) is 9.78 Å². The first kappa shape index (κ1) is 19.4. The summed E-state index contributed by atoms with van der Waals surface area (Å²) in [5.74, 6) is 1.76. The van der Waals surface area contributed by atoms with Gasteiger partial charge >= 0.3 is 0 Å². The highest BCUT2D eigenvalue weighted by Gasteiger charge is 2.18. The number of amides is 1. The van der Waals surface area contributed by atoms with Crippen molar-refractivity contribution in [3.63, 3.8) is 0 Å². The molecule has 3 aromatic rings. The summed E-state index contributed by atoms with van der Waals surface area (Å²) in [6, 6.07) is 14.8. The van der Waals surface area contributed by atoms with Crippen molar-refractivity contribution in [3.8, 4) is 11.6 Å². The molecule has 2 aromatic carbocycles. The molecule has 1 aliphatic heterocycles. The van der Waals surface area contributed by atoms with Gasteiger partial charge < -0.3 is 14.8 Å². The molecule has 1 aromatic heterocycles. The van der Waals surface area contributed by atoms with Crippen LogP contribution >= 0.6 is 11.8 Å². The lowest BCUT2D eigenvalue weighted by Gasteiger charge is -2.12. The van der Waals surface area contributed by atoms with Crippen LogP contribution in [0.4, 0.5) is 5.69 Å². The molecule has 2 heterocycles. The van der Waals surface area contributed by atoms with E-state index in [0.717, 1.165) is 30.1 Å². The van der Waals surface area contributed by atoms with Gasteiger partial charge in [-0.2, -0.15) is 0 Å². The maximum atomic E-state index is 12.8. The summed E-state index contributed by atoms with van der Waals surface area (Å²) in [5, 5.41) is 2.95. The van der Waals surface area contributed by atoms with Crippen LogP contribution in [0.5, 0.6) is 11.6 Å². The van der Waals surface area contributed by atoms with Crippen molar-refractivity contribution in [2.45, 2.75) is 23.8 Å². The van der Waals surface area contributed by atoms with Gasteiger partial charge in [-0.05, 0) is 49.2 Å². The standard InChI is InChI=1S/C22H21N3O3S/c26-22(19-5-1-2-6-20(19)29-15-18-4-3-13-27-18)25-16-7-9-17(10-8-16)28-21-14-23-11-12-24-21/h1-2,5-12,14,18H,3-4,13,15H2,(H,25,26). The van der Waals surface area contributed by atoms with Crippen LogP contribution in [0.3, 0.4) is 0 Å². The molecule has 4 rings (SSSR count). The van der Waals surface area contributed by atoms with Gasteiger partial charge in [0.25, 0.3) is 5.91 Å². The number of nitrogens with zero attached hydrogens (tertiary/aromatic N) is 2. The number of ether oxygens (including phenoxy) is 2. The third-order valence-corrected chi connectivity index (χ3v) is 5.66. The largest absolute Gasteiger partial charge is 0.438 e. The minimum atomic E-state index is -0.136. The van der Waals surface area contributed by atoms with E-state index in [1.807, 2.05) is 24.3 Å². The summed E-state index contributed by atoms with van der Waals surface area (Å²) in [5.41, 5.74) is 1.36. The minimum Gasteiger partial charge on any atom is -0.438 e. The van der Waals surface area contributed by atoms with Crippen LogP contribution in [0, 0.1) is 0 Å². The zero-order chi connectivity index (χ0) is 19.9. The quantitative estimate of drug-likeness (QED) is 0.568. The number of aromatic nitrogens is 2. The van der Waals surface area contributed by atoms with E-state index in [2.05, 4.69) is 15.3 Å². The molecule has 0 bridgehead atoms. The minimum absolute atomic E-state index is 0.136. The SMILES string of the molecule is O=C(Nc1ccc(Oc2cnccn2)cc1)c1ccccc1SCC1CCCO1. The maximum absolute atomic E-state index is 12.8. The average Bonchev–Trinajstić information content (AvgIpc) is 3.28. The van der Waals surface area contributed by atoms with E-state index in [1.165, 1.54) is 0 Å². The molecule has 0 saturated carbocycles. The van der Waals surface area contributed by atoms with Crippen LogP contribution < -0.4 is 10.1 Å². The van der Waals surface area contributed by atoms with Gasteiger partial charge in [0.1, 0.15) is 5.75 Å². The number of anilines is 1. The third kappa shape index (κ3) is 5.34. The molecule has 6 nitrogen and oxygen atoms in total. The van der Waals surface area contributed by atoms with Crippen LogP contribution in [-0.4, -0.2) is 34.3 Å². The van der Waals surface area contributed by atoms with E-state index in [0.29, 0.717) is 22.9 Å². The number of hydrogen-bond donors (Lipinski definition) is 1. The normalized spacial score (nSPS) is 15.8. The van der Waals surface area contributed by atoms with Gasteiger partial charge in [0.15, 0.2) is 0 Å². The van der Waals surface area contributed by atoms with Crippen LogP contribution in [0.2, 0.25) is 0 Å². The number of thioether (sulfide) groups is 1. The monoisotopic (exact) mass is 407 g/mol. The lowest BCUT2D eigenvalue weighted by molar-refractivity contribution is 0.102. The molecule has 0 aliphatic carbocycles. The van der Waals surface area contributed by atoms with Crippen LogP contribution in [-0.2, 0) is 4.74 Å². The predicted octanol–water partition coefficient (Wildman–Crippen LogP) is 4.79. The van der Waals surface area contributed by atoms with Crippen molar-refractivity contribution in [2.75, 3.05) is 17.7 Å². The highest BCUT2D eigenvalue weighted by molar-refractivity contribution is 7.99. The second-order valence-electron chi connectivity index (χ2n) is 6.57. The van der Waals surface area contributed by atoms with E-state index in [4.69, 9.17) is 9.47 Å².